The molecule has 0 aliphatic rings. The molecule has 0 aliphatic carbocycles. The molecule has 25 heavy (non-hydrogen) atoms. The highest BCUT2D eigenvalue weighted by Gasteiger charge is 1.98. The largest absolute Gasteiger partial charge is 0.491 e. The van der Waals surface area contributed by atoms with Crippen molar-refractivity contribution >= 4 is 0 Å². The fourth-order valence-corrected chi connectivity index (χ4v) is 2.66. The van der Waals surface area contributed by atoms with Crippen LogP contribution < -0.4 is 10.5 Å². The van der Waals surface area contributed by atoms with Gasteiger partial charge in [0, 0.05) is 6.54 Å². The number of unbranched alkanes of at least 4 members (excludes halogenated alkanes) is 6. The van der Waals surface area contributed by atoms with Crippen molar-refractivity contribution in [3.8, 4) is 5.75 Å². The van der Waals surface area contributed by atoms with E-state index >= 15 is 0 Å². The Labute approximate surface area is 154 Å². The normalized spacial score (nSPS) is 11.0. The fraction of sp³-hybridized carbons (Fsp3) is 0.714. The molecule has 0 unspecified atom stereocenters. The molecule has 0 radical (unpaired) electrons. The average Bonchev–Trinajstić information content (AvgIpc) is 2.64. The molecule has 144 valence electrons. The van der Waals surface area contributed by atoms with E-state index < -0.39 is 0 Å². The first-order valence-corrected chi connectivity index (χ1v) is 9.94. The van der Waals surface area contributed by atoms with E-state index in [1.165, 1.54) is 56.9 Å². The number of nitrogens with two attached hydrogens (primary N) is 1. The van der Waals surface area contributed by atoms with Crippen LogP contribution in [0, 0.1) is 0 Å². The Kier molecular flexibility index (Phi) is 14.4. The summed E-state index contributed by atoms with van der Waals surface area (Å²) in [6.07, 6.45) is 10.7. The van der Waals surface area contributed by atoms with Gasteiger partial charge in [0.1, 0.15) is 12.4 Å². The van der Waals surface area contributed by atoms with Gasteiger partial charge in [0.2, 0.25) is 0 Å². The maximum atomic E-state index is 5.68. The fourth-order valence-electron chi connectivity index (χ4n) is 2.66. The number of rotatable bonds is 17. The van der Waals surface area contributed by atoms with Gasteiger partial charge >= 0.3 is 0 Å². The van der Waals surface area contributed by atoms with Gasteiger partial charge in [0.25, 0.3) is 0 Å². The number of benzene rings is 1. The lowest BCUT2D eigenvalue weighted by molar-refractivity contribution is 0.0388. The zero-order valence-electron chi connectivity index (χ0n) is 16.0. The van der Waals surface area contributed by atoms with Gasteiger partial charge in [-0.3, -0.25) is 0 Å². The van der Waals surface area contributed by atoms with Gasteiger partial charge in [-0.25, -0.2) is 0 Å². The van der Waals surface area contributed by atoms with Crippen LogP contribution in [-0.4, -0.2) is 39.6 Å². The molecule has 2 N–H and O–H groups in total. The van der Waals surface area contributed by atoms with Crippen molar-refractivity contribution in [2.75, 3.05) is 39.6 Å². The molecule has 0 amide bonds. The molecule has 1 aromatic rings. The van der Waals surface area contributed by atoms with Crippen LogP contribution in [0.25, 0.3) is 0 Å². The SMILES string of the molecule is CCCCCCCCCc1ccc(OCCOCCOCCN)cc1. The molecule has 0 saturated carbocycles. The molecule has 0 aromatic heterocycles. The number of ether oxygens (including phenoxy) is 3. The van der Waals surface area contributed by atoms with Crippen molar-refractivity contribution in [2.24, 2.45) is 5.73 Å². The van der Waals surface area contributed by atoms with Gasteiger partial charge in [0.05, 0.1) is 26.4 Å². The lowest BCUT2D eigenvalue weighted by atomic mass is 10.0. The average molecular weight is 352 g/mol. The highest BCUT2D eigenvalue weighted by Crippen LogP contribution is 2.15. The molecule has 0 heterocycles. The van der Waals surface area contributed by atoms with Crippen LogP contribution in [0.2, 0.25) is 0 Å². The summed E-state index contributed by atoms with van der Waals surface area (Å²) in [6, 6.07) is 8.46. The molecule has 4 nitrogen and oxygen atoms in total. The van der Waals surface area contributed by atoms with Crippen molar-refractivity contribution in [3.63, 3.8) is 0 Å². The lowest BCUT2D eigenvalue weighted by Crippen LogP contribution is -2.14. The molecule has 1 aromatic carbocycles. The summed E-state index contributed by atoms with van der Waals surface area (Å²) < 4.78 is 16.4. The van der Waals surface area contributed by atoms with Gasteiger partial charge in [-0.2, -0.15) is 0 Å². The molecule has 0 fully saturated rings. The van der Waals surface area contributed by atoms with Gasteiger partial charge in [-0.1, -0.05) is 57.6 Å². The second-order valence-corrected chi connectivity index (χ2v) is 6.38. The summed E-state index contributed by atoms with van der Waals surface area (Å²) in [4.78, 5) is 0. The van der Waals surface area contributed by atoms with E-state index in [0.717, 1.165) is 5.75 Å². The van der Waals surface area contributed by atoms with E-state index in [2.05, 4.69) is 31.2 Å². The molecule has 0 atom stereocenters. The van der Waals surface area contributed by atoms with Gasteiger partial charge in [-0.15, -0.1) is 0 Å². The standard InChI is InChI=1S/C21H37NO3/c1-2-3-4-5-6-7-8-9-20-10-12-21(13-11-20)25-19-18-24-17-16-23-15-14-22/h10-13H,2-9,14-19,22H2,1H3. The van der Waals surface area contributed by atoms with Crippen LogP contribution in [0.3, 0.4) is 0 Å². The molecule has 0 aliphatic heterocycles. The topological polar surface area (TPSA) is 53.7 Å². The monoisotopic (exact) mass is 351 g/mol. The van der Waals surface area contributed by atoms with Gasteiger partial charge < -0.3 is 19.9 Å². The highest BCUT2D eigenvalue weighted by molar-refractivity contribution is 5.27. The van der Waals surface area contributed by atoms with E-state index in [0.29, 0.717) is 39.6 Å². The smallest absolute Gasteiger partial charge is 0.119 e. The van der Waals surface area contributed by atoms with Crippen LogP contribution in [0.15, 0.2) is 24.3 Å². The Hall–Kier alpha value is -1.10. The van der Waals surface area contributed by atoms with Crippen molar-refractivity contribution < 1.29 is 14.2 Å². The van der Waals surface area contributed by atoms with E-state index in [1.54, 1.807) is 0 Å². The second-order valence-electron chi connectivity index (χ2n) is 6.38. The number of hydrogen-bond donors (Lipinski definition) is 1. The Bertz CT molecular complexity index is 395. The van der Waals surface area contributed by atoms with E-state index in [1.807, 2.05) is 0 Å². The Balaban J connectivity index is 2.00. The summed E-state index contributed by atoms with van der Waals surface area (Å²) in [5.41, 5.74) is 6.73. The highest BCUT2D eigenvalue weighted by atomic mass is 16.5. The third-order valence-corrected chi connectivity index (χ3v) is 4.12. The van der Waals surface area contributed by atoms with Crippen LogP contribution >= 0.6 is 0 Å². The molecule has 4 heteroatoms. The Morgan fingerprint density at radius 2 is 1.32 bits per heavy atom. The maximum absolute atomic E-state index is 5.68. The third kappa shape index (κ3) is 12.9. The number of aryl methyl sites for hydroxylation is 1. The van der Waals surface area contributed by atoms with Crippen molar-refractivity contribution in [3.05, 3.63) is 29.8 Å². The first-order chi connectivity index (χ1) is 12.4. The van der Waals surface area contributed by atoms with E-state index in [-0.39, 0.29) is 0 Å². The summed E-state index contributed by atoms with van der Waals surface area (Å²) in [5, 5.41) is 0. The minimum absolute atomic E-state index is 0.554. The Morgan fingerprint density at radius 3 is 2.00 bits per heavy atom. The summed E-state index contributed by atoms with van der Waals surface area (Å²) in [7, 11) is 0. The van der Waals surface area contributed by atoms with Gasteiger partial charge in [-0.05, 0) is 30.5 Å². The predicted octanol–water partition coefficient (Wildman–Crippen LogP) is 4.35. The lowest BCUT2D eigenvalue weighted by Gasteiger charge is -2.08. The minimum atomic E-state index is 0.554. The zero-order chi connectivity index (χ0) is 18.0. The molecule has 0 bridgehead atoms. The second kappa shape index (κ2) is 16.4. The van der Waals surface area contributed by atoms with Crippen LogP contribution in [0.1, 0.15) is 57.4 Å². The summed E-state index contributed by atoms with van der Waals surface area (Å²) >= 11 is 0. The van der Waals surface area contributed by atoms with Crippen LogP contribution in [0.4, 0.5) is 0 Å². The molecular weight excluding hydrogens is 314 g/mol. The molecular formula is C21H37NO3. The summed E-state index contributed by atoms with van der Waals surface area (Å²) in [5.74, 6) is 0.909. The molecule has 1 rings (SSSR count). The minimum Gasteiger partial charge on any atom is -0.491 e. The maximum Gasteiger partial charge on any atom is 0.119 e. The van der Waals surface area contributed by atoms with Crippen molar-refractivity contribution in [2.45, 2.75) is 58.3 Å². The predicted molar refractivity (Wildman–Crippen MR) is 104 cm³/mol. The molecule has 0 spiro atoms. The van der Waals surface area contributed by atoms with Crippen molar-refractivity contribution in [1.29, 1.82) is 0 Å². The van der Waals surface area contributed by atoms with Gasteiger partial charge in [0.15, 0.2) is 0 Å². The quantitative estimate of drug-likeness (QED) is 0.424. The Morgan fingerprint density at radius 1 is 0.720 bits per heavy atom. The first kappa shape index (κ1) is 21.9. The van der Waals surface area contributed by atoms with E-state index in [4.69, 9.17) is 19.9 Å². The van der Waals surface area contributed by atoms with Crippen molar-refractivity contribution in [1.82, 2.24) is 0 Å². The summed E-state index contributed by atoms with van der Waals surface area (Å²) in [6.45, 7) is 5.72. The van der Waals surface area contributed by atoms with E-state index in [9.17, 15) is 0 Å². The van der Waals surface area contributed by atoms with Crippen LogP contribution in [-0.2, 0) is 15.9 Å². The third-order valence-electron chi connectivity index (χ3n) is 4.12. The first-order valence-electron chi connectivity index (χ1n) is 9.94. The zero-order valence-corrected chi connectivity index (χ0v) is 16.0. The van der Waals surface area contributed by atoms with Crippen LogP contribution in [0.5, 0.6) is 5.75 Å². The molecule has 0 saturated heterocycles. The number of hydrogen-bond acceptors (Lipinski definition) is 4.